The first-order valence-corrected chi connectivity index (χ1v) is 8.78. The Hall–Kier alpha value is -2.16. The molecule has 146 valence electrons. The van der Waals surface area contributed by atoms with Gasteiger partial charge in [-0.3, -0.25) is 4.99 Å². The molecule has 27 heavy (non-hydrogen) atoms. The monoisotopic (exact) mass is 482 g/mol. The molecule has 0 bridgehead atoms. The third kappa shape index (κ3) is 5.92. The fraction of sp³-hybridized carbons (Fsp3) is 0.350. The second-order valence-corrected chi connectivity index (χ2v) is 6.39. The minimum absolute atomic E-state index is 0. The van der Waals surface area contributed by atoms with E-state index in [4.69, 9.17) is 15.2 Å². The fourth-order valence-corrected chi connectivity index (χ4v) is 3.14. The summed E-state index contributed by atoms with van der Waals surface area (Å²) in [6.07, 6.45) is 1.10. The highest BCUT2D eigenvalue weighted by molar-refractivity contribution is 14.0. The molecule has 0 saturated carbocycles. The third-order valence-corrected chi connectivity index (χ3v) is 4.57. The molecule has 0 spiro atoms. The molecule has 1 unspecified atom stereocenters. The Morgan fingerprint density at radius 1 is 1.15 bits per heavy atom. The molecule has 1 atom stereocenters. The Morgan fingerprint density at radius 3 is 2.59 bits per heavy atom. The second kappa shape index (κ2) is 10.2. The van der Waals surface area contributed by atoms with E-state index in [0.29, 0.717) is 18.4 Å². The highest BCUT2D eigenvalue weighted by Crippen LogP contribution is 2.27. The van der Waals surface area contributed by atoms with Gasteiger partial charge in [0.1, 0.15) is 11.5 Å². The van der Waals surface area contributed by atoms with Crippen molar-refractivity contribution in [2.24, 2.45) is 16.6 Å². The summed E-state index contributed by atoms with van der Waals surface area (Å²) in [4.78, 5) is 6.88. The van der Waals surface area contributed by atoms with Crippen molar-refractivity contribution >= 4 is 41.3 Å². The quantitative estimate of drug-likeness (QED) is 0.374. The molecule has 2 aromatic carbocycles. The Labute approximate surface area is 177 Å². The zero-order valence-electron chi connectivity index (χ0n) is 15.7. The van der Waals surface area contributed by atoms with Crippen LogP contribution in [0.1, 0.15) is 6.42 Å². The molecule has 1 heterocycles. The van der Waals surface area contributed by atoms with Crippen molar-refractivity contribution < 1.29 is 9.47 Å². The fourth-order valence-electron chi connectivity index (χ4n) is 3.14. The minimum Gasteiger partial charge on any atom is -0.497 e. The highest BCUT2D eigenvalue weighted by atomic mass is 127. The summed E-state index contributed by atoms with van der Waals surface area (Å²) in [5, 5.41) is 3.12. The lowest BCUT2D eigenvalue weighted by atomic mass is 10.1. The van der Waals surface area contributed by atoms with E-state index in [2.05, 4.69) is 27.3 Å². The number of hydrogen-bond acceptors (Lipinski definition) is 4. The van der Waals surface area contributed by atoms with Gasteiger partial charge in [0.05, 0.1) is 14.2 Å². The maximum absolute atomic E-state index is 6.03. The van der Waals surface area contributed by atoms with Crippen molar-refractivity contribution in [2.45, 2.75) is 6.42 Å². The van der Waals surface area contributed by atoms with E-state index in [-0.39, 0.29) is 24.0 Å². The summed E-state index contributed by atoms with van der Waals surface area (Å²) < 4.78 is 10.5. The van der Waals surface area contributed by atoms with Gasteiger partial charge in [0, 0.05) is 43.1 Å². The Bertz CT molecular complexity index is 769. The van der Waals surface area contributed by atoms with Gasteiger partial charge in [0.25, 0.3) is 0 Å². The molecule has 7 heteroatoms. The number of hydrogen-bond donors (Lipinski definition) is 2. The second-order valence-electron chi connectivity index (χ2n) is 6.39. The van der Waals surface area contributed by atoms with Gasteiger partial charge in [0.2, 0.25) is 0 Å². The predicted molar refractivity (Wildman–Crippen MR) is 122 cm³/mol. The minimum atomic E-state index is 0. The largest absolute Gasteiger partial charge is 0.497 e. The van der Waals surface area contributed by atoms with Gasteiger partial charge in [-0.2, -0.15) is 0 Å². The van der Waals surface area contributed by atoms with Gasteiger partial charge in [-0.05, 0) is 36.6 Å². The molecule has 3 N–H and O–H groups in total. The summed E-state index contributed by atoms with van der Waals surface area (Å²) in [6.45, 7) is 2.71. The zero-order valence-corrected chi connectivity index (χ0v) is 18.1. The maximum atomic E-state index is 6.03. The number of anilines is 2. The molecule has 1 saturated heterocycles. The molecule has 1 aliphatic rings. The van der Waals surface area contributed by atoms with Crippen LogP contribution in [0, 0.1) is 5.92 Å². The standard InChI is InChI=1S/C20H26N4O2.HI/c1-25-18-7-3-5-16(11-18)23-20(21)22-13-15-9-10-24(14-15)17-6-4-8-19(12-17)26-2;/h3-8,11-12,15H,9-10,13-14H2,1-2H3,(H3,21,22,23);1H. The number of nitrogens with two attached hydrogens (primary N) is 1. The van der Waals surface area contributed by atoms with Crippen molar-refractivity contribution in [3.05, 3.63) is 48.5 Å². The lowest BCUT2D eigenvalue weighted by Crippen LogP contribution is -2.25. The van der Waals surface area contributed by atoms with Gasteiger partial charge in [-0.1, -0.05) is 12.1 Å². The van der Waals surface area contributed by atoms with E-state index in [1.54, 1.807) is 14.2 Å². The van der Waals surface area contributed by atoms with Crippen molar-refractivity contribution in [3.63, 3.8) is 0 Å². The van der Waals surface area contributed by atoms with Crippen LogP contribution in [0.25, 0.3) is 0 Å². The molecule has 1 aliphatic heterocycles. The molecule has 2 aromatic rings. The lowest BCUT2D eigenvalue weighted by Gasteiger charge is -2.19. The van der Waals surface area contributed by atoms with E-state index in [1.165, 1.54) is 5.69 Å². The number of guanidine groups is 1. The van der Waals surface area contributed by atoms with Crippen LogP contribution in [0.2, 0.25) is 0 Å². The van der Waals surface area contributed by atoms with Crippen molar-refractivity contribution in [3.8, 4) is 11.5 Å². The molecule has 0 aliphatic carbocycles. The van der Waals surface area contributed by atoms with Gasteiger partial charge >= 0.3 is 0 Å². The number of rotatable bonds is 6. The van der Waals surface area contributed by atoms with Crippen LogP contribution in [0.3, 0.4) is 0 Å². The first-order chi connectivity index (χ1) is 12.7. The van der Waals surface area contributed by atoms with Gasteiger partial charge < -0.3 is 25.4 Å². The van der Waals surface area contributed by atoms with Crippen molar-refractivity contribution in [1.82, 2.24) is 0 Å². The van der Waals surface area contributed by atoms with Crippen molar-refractivity contribution in [2.75, 3.05) is 44.1 Å². The molecule has 0 radical (unpaired) electrons. The summed E-state index contributed by atoms with van der Waals surface area (Å²) in [7, 11) is 3.34. The Balaban J connectivity index is 0.00000261. The zero-order chi connectivity index (χ0) is 18.4. The number of aliphatic imine (C=N–C) groups is 1. The van der Waals surface area contributed by atoms with Crippen molar-refractivity contribution in [1.29, 1.82) is 0 Å². The first-order valence-electron chi connectivity index (χ1n) is 8.78. The van der Waals surface area contributed by atoms with Crippen LogP contribution in [0.4, 0.5) is 11.4 Å². The number of halogens is 1. The number of nitrogens with zero attached hydrogens (tertiary/aromatic N) is 2. The summed E-state index contributed by atoms with van der Waals surface area (Å²) in [6, 6.07) is 15.8. The molecule has 0 aromatic heterocycles. The third-order valence-electron chi connectivity index (χ3n) is 4.57. The van der Waals surface area contributed by atoms with E-state index in [1.807, 2.05) is 36.4 Å². The molecular formula is C20H27IN4O2. The number of benzene rings is 2. The van der Waals surface area contributed by atoms with E-state index in [9.17, 15) is 0 Å². The van der Waals surface area contributed by atoms with Crippen LogP contribution in [0.5, 0.6) is 11.5 Å². The summed E-state index contributed by atoms with van der Waals surface area (Å²) in [5.74, 6) is 2.59. The number of nitrogens with one attached hydrogen (secondary N) is 1. The molecule has 3 rings (SSSR count). The summed E-state index contributed by atoms with van der Waals surface area (Å²) in [5.41, 5.74) is 8.09. The topological polar surface area (TPSA) is 72.1 Å². The Morgan fingerprint density at radius 2 is 1.85 bits per heavy atom. The van der Waals surface area contributed by atoms with Gasteiger partial charge in [0.15, 0.2) is 5.96 Å². The molecule has 6 nitrogen and oxygen atoms in total. The van der Waals surface area contributed by atoms with E-state index < -0.39 is 0 Å². The van der Waals surface area contributed by atoms with Gasteiger partial charge in [-0.15, -0.1) is 24.0 Å². The SMILES string of the molecule is COc1cccc(NC(N)=NCC2CCN(c3cccc(OC)c3)C2)c1.I. The molecule has 1 fully saturated rings. The smallest absolute Gasteiger partial charge is 0.193 e. The lowest BCUT2D eigenvalue weighted by molar-refractivity contribution is 0.415. The Kier molecular flexibility index (Phi) is 8.02. The highest BCUT2D eigenvalue weighted by Gasteiger charge is 2.22. The van der Waals surface area contributed by atoms with Crippen LogP contribution >= 0.6 is 24.0 Å². The predicted octanol–water partition coefficient (Wildman–Crippen LogP) is 3.57. The average molecular weight is 482 g/mol. The molecular weight excluding hydrogens is 455 g/mol. The van der Waals surface area contributed by atoms with Crippen LogP contribution in [0.15, 0.2) is 53.5 Å². The summed E-state index contributed by atoms with van der Waals surface area (Å²) >= 11 is 0. The molecule has 0 amide bonds. The normalized spacial score (nSPS) is 16.6. The van der Waals surface area contributed by atoms with Crippen LogP contribution in [-0.2, 0) is 0 Å². The number of ether oxygens (including phenoxy) is 2. The maximum Gasteiger partial charge on any atom is 0.193 e. The van der Waals surface area contributed by atoms with Gasteiger partial charge in [-0.25, -0.2) is 0 Å². The first kappa shape index (κ1) is 21.1. The number of methoxy groups -OCH3 is 2. The van der Waals surface area contributed by atoms with Crippen LogP contribution in [-0.4, -0.2) is 39.8 Å². The van der Waals surface area contributed by atoms with E-state index in [0.717, 1.165) is 36.7 Å². The van der Waals surface area contributed by atoms with E-state index >= 15 is 0 Å². The average Bonchev–Trinajstić information content (AvgIpc) is 3.16. The van der Waals surface area contributed by atoms with Crippen LogP contribution < -0.4 is 25.4 Å².